The van der Waals surface area contributed by atoms with E-state index in [0.717, 1.165) is 0 Å². The van der Waals surface area contributed by atoms with Gasteiger partial charge in [0.1, 0.15) is 0 Å². The van der Waals surface area contributed by atoms with Gasteiger partial charge in [-0.25, -0.2) is 4.99 Å². The van der Waals surface area contributed by atoms with Gasteiger partial charge in [0.25, 0.3) is 0 Å². The van der Waals surface area contributed by atoms with Crippen molar-refractivity contribution < 1.29 is 27.3 Å². The number of rotatable bonds is 4. The van der Waals surface area contributed by atoms with Crippen molar-refractivity contribution in [3.8, 4) is 5.75 Å². The SMILES string of the molecule is CSC(/N=C/c1ccccc1[O-])=N/N=C(C)/C=C(\[O-])c1ccccc1.[Cu+2]. The monoisotopic (exact) mass is 414 g/mol. The predicted molar refractivity (Wildman–Crippen MR) is 102 cm³/mol. The number of allylic oxidation sites excluding steroid dienone is 1. The van der Waals surface area contributed by atoms with Gasteiger partial charge in [-0.1, -0.05) is 72.1 Å². The first-order valence-corrected chi connectivity index (χ1v) is 8.73. The first-order chi connectivity index (χ1) is 12.1. The molecule has 7 heteroatoms. The summed E-state index contributed by atoms with van der Waals surface area (Å²) in [5.74, 6) is -0.236. The Bertz CT molecular complexity index is 834. The molecule has 0 fully saturated rings. The molecule has 2 aromatic rings. The van der Waals surface area contributed by atoms with Crippen LogP contribution >= 0.6 is 11.8 Å². The van der Waals surface area contributed by atoms with Crippen molar-refractivity contribution in [2.45, 2.75) is 6.92 Å². The third-order valence-corrected chi connectivity index (χ3v) is 3.66. The zero-order chi connectivity index (χ0) is 18.1. The maximum Gasteiger partial charge on any atom is 2.00 e. The third-order valence-electron chi connectivity index (χ3n) is 3.11. The molecule has 1 radical (unpaired) electrons. The van der Waals surface area contributed by atoms with E-state index in [-0.39, 0.29) is 28.6 Å². The molecular weight excluding hydrogens is 398 g/mol. The van der Waals surface area contributed by atoms with Gasteiger partial charge < -0.3 is 10.2 Å². The minimum atomic E-state index is -0.133. The van der Waals surface area contributed by atoms with E-state index in [9.17, 15) is 10.2 Å². The minimum Gasteiger partial charge on any atom is -0.872 e. The number of amidine groups is 1. The number of aliphatic imine (C=N–C) groups is 1. The van der Waals surface area contributed by atoms with E-state index in [0.29, 0.717) is 22.0 Å². The van der Waals surface area contributed by atoms with Crippen molar-refractivity contribution in [3.63, 3.8) is 0 Å². The molecule has 0 aromatic heterocycles. The molecule has 0 heterocycles. The number of nitrogens with zero attached hydrogens (tertiary/aromatic N) is 3. The standard InChI is InChI=1S/C19H19N3O2S.Cu/c1-14(12-18(24)15-8-4-3-5-9-15)21-22-19(25-2)20-13-16-10-6-7-11-17(16)23;/h3-13,23-24H,1-2H3;/q;+2/p-2/b18-12-,20-13+,21-14+,22-19+;. The van der Waals surface area contributed by atoms with Crippen LogP contribution in [0.15, 0.2) is 75.9 Å². The summed E-state index contributed by atoms with van der Waals surface area (Å²) in [5.41, 5.74) is 1.55. The van der Waals surface area contributed by atoms with Crippen LogP contribution in [0.4, 0.5) is 0 Å². The van der Waals surface area contributed by atoms with Gasteiger partial charge in [0.15, 0.2) is 0 Å². The van der Waals surface area contributed by atoms with Gasteiger partial charge in [-0.3, -0.25) is 0 Å². The Morgan fingerprint density at radius 3 is 2.31 bits per heavy atom. The molecule has 0 N–H and O–H groups in total. The van der Waals surface area contributed by atoms with Gasteiger partial charge in [0, 0.05) is 6.21 Å². The van der Waals surface area contributed by atoms with E-state index in [1.807, 2.05) is 12.3 Å². The summed E-state index contributed by atoms with van der Waals surface area (Å²) in [7, 11) is 0. The van der Waals surface area contributed by atoms with Gasteiger partial charge >= 0.3 is 17.1 Å². The van der Waals surface area contributed by atoms with Gasteiger partial charge in [0.2, 0.25) is 5.17 Å². The van der Waals surface area contributed by atoms with E-state index >= 15 is 0 Å². The fourth-order valence-electron chi connectivity index (χ4n) is 1.86. The molecule has 0 amide bonds. The summed E-state index contributed by atoms with van der Waals surface area (Å²) < 4.78 is 0. The fraction of sp³-hybridized carbons (Fsp3) is 0.105. The minimum absolute atomic E-state index is 0. The first-order valence-electron chi connectivity index (χ1n) is 7.50. The zero-order valence-corrected chi connectivity index (χ0v) is 16.0. The maximum absolute atomic E-state index is 12.1. The molecule has 0 saturated heterocycles. The van der Waals surface area contributed by atoms with Crippen LogP contribution < -0.4 is 10.2 Å². The quantitative estimate of drug-likeness (QED) is 0.253. The van der Waals surface area contributed by atoms with Crippen molar-refractivity contribution in [2.24, 2.45) is 15.2 Å². The Kier molecular flexibility index (Phi) is 9.44. The molecule has 5 nitrogen and oxygen atoms in total. The van der Waals surface area contributed by atoms with E-state index < -0.39 is 0 Å². The Labute approximate surface area is 167 Å². The second-order valence-corrected chi connectivity index (χ2v) is 5.77. The van der Waals surface area contributed by atoms with Crippen molar-refractivity contribution in [2.75, 3.05) is 6.26 Å². The van der Waals surface area contributed by atoms with E-state index in [4.69, 9.17) is 0 Å². The Hall–Kier alpha value is -2.34. The number of para-hydroxylation sites is 1. The van der Waals surface area contributed by atoms with Crippen molar-refractivity contribution in [1.29, 1.82) is 0 Å². The van der Waals surface area contributed by atoms with Crippen LogP contribution in [0.3, 0.4) is 0 Å². The summed E-state index contributed by atoms with van der Waals surface area (Å²) in [5, 5.41) is 32.1. The molecule has 0 saturated carbocycles. The average molecular weight is 415 g/mol. The molecule has 0 atom stereocenters. The largest absolute Gasteiger partial charge is 2.00 e. The Morgan fingerprint density at radius 1 is 1.00 bits per heavy atom. The van der Waals surface area contributed by atoms with E-state index in [1.54, 1.807) is 49.4 Å². The van der Waals surface area contributed by atoms with E-state index in [1.165, 1.54) is 30.1 Å². The van der Waals surface area contributed by atoms with Crippen LogP contribution in [0.1, 0.15) is 18.1 Å². The van der Waals surface area contributed by atoms with Crippen LogP contribution in [-0.4, -0.2) is 23.3 Å². The maximum atomic E-state index is 12.1. The molecule has 26 heavy (non-hydrogen) atoms. The molecule has 0 spiro atoms. The Balaban J connectivity index is 0.00000338. The van der Waals surface area contributed by atoms with Gasteiger partial charge in [-0.2, -0.15) is 5.10 Å². The molecule has 2 aromatic carbocycles. The number of hydrogen-bond donors (Lipinski definition) is 0. The molecule has 0 aliphatic heterocycles. The third kappa shape index (κ3) is 6.88. The fourth-order valence-corrected chi connectivity index (χ4v) is 2.14. The van der Waals surface area contributed by atoms with Gasteiger partial charge in [-0.05, 0) is 30.4 Å². The van der Waals surface area contributed by atoms with Crippen LogP contribution in [-0.2, 0) is 17.1 Å². The first kappa shape index (κ1) is 21.7. The van der Waals surface area contributed by atoms with Gasteiger partial charge in [-0.15, -0.1) is 10.9 Å². The molecule has 0 aliphatic rings. The van der Waals surface area contributed by atoms with Crippen LogP contribution in [0.2, 0.25) is 0 Å². The van der Waals surface area contributed by atoms with Crippen LogP contribution in [0, 0.1) is 0 Å². The summed E-state index contributed by atoms with van der Waals surface area (Å²) in [6.07, 6.45) is 4.69. The molecule has 0 bridgehead atoms. The van der Waals surface area contributed by atoms with E-state index in [2.05, 4.69) is 15.2 Å². The molecule has 0 aliphatic carbocycles. The van der Waals surface area contributed by atoms with Crippen molar-refractivity contribution >= 4 is 34.6 Å². The average Bonchev–Trinajstić information content (AvgIpc) is 2.64. The Morgan fingerprint density at radius 2 is 1.65 bits per heavy atom. The van der Waals surface area contributed by atoms with Crippen molar-refractivity contribution in [1.82, 2.24) is 0 Å². The summed E-state index contributed by atoms with van der Waals surface area (Å²) in [6.45, 7) is 1.69. The predicted octanol–water partition coefficient (Wildman–Crippen LogP) is 2.67. The van der Waals surface area contributed by atoms with Crippen LogP contribution in [0.25, 0.3) is 5.76 Å². The number of thioether (sulfide) groups is 1. The molecule has 137 valence electrons. The molecule has 0 unspecified atom stereocenters. The van der Waals surface area contributed by atoms with Crippen LogP contribution in [0.5, 0.6) is 5.75 Å². The summed E-state index contributed by atoms with van der Waals surface area (Å²) in [4.78, 5) is 4.16. The zero-order valence-electron chi connectivity index (χ0n) is 14.2. The van der Waals surface area contributed by atoms with Gasteiger partial charge in [0.05, 0.1) is 5.71 Å². The normalized spacial score (nSPS) is 12.9. The second kappa shape index (κ2) is 11.3. The smallest absolute Gasteiger partial charge is 0.872 e. The molecule has 2 rings (SSSR count). The summed E-state index contributed by atoms with van der Waals surface area (Å²) in [6, 6.07) is 15.6. The number of benzene rings is 2. The molecular formula is C19H17CuN3O2S. The summed E-state index contributed by atoms with van der Waals surface area (Å²) >= 11 is 1.30. The second-order valence-electron chi connectivity index (χ2n) is 5.00. The van der Waals surface area contributed by atoms with Crippen molar-refractivity contribution in [3.05, 3.63) is 71.8 Å². The topological polar surface area (TPSA) is 83.2 Å². The number of hydrogen-bond acceptors (Lipinski definition) is 5.